The van der Waals surface area contributed by atoms with Crippen molar-refractivity contribution in [2.45, 2.75) is 39.7 Å². The van der Waals surface area contributed by atoms with Crippen LogP contribution < -0.4 is 0 Å². The predicted octanol–water partition coefficient (Wildman–Crippen LogP) is 2.03. The van der Waals surface area contributed by atoms with Crippen LogP contribution in [0.3, 0.4) is 0 Å². The van der Waals surface area contributed by atoms with E-state index < -0.39 is 11.0 Å². The van der Waals surface area contributed by atoms with Crippen molar-refractivity contribution < 1.29 is 24.8 Å². The van der Waals surface area contributed by atoms with E-state index in [1.54, 1.807) is 13.0 Å². The van der Waals surface area contributed by atoms with Crippen LogP contribution in [0.5, 0.6) is 0 Å². The Morgan fingerprint density at radius 1 is 1.44 bits per heavy atom. The van der Waals surface area contributed by atoms with Gasteiger partial charge in [0.05, 0.1) is 12.2 Å². The molecule has 1 rings (SSSR count). The van der Waals surface area contributed by atoms with Crippen LogP contribution in [0.25, 0.3) is 0 Å². The largest absolute Gasteiger partial charge is 0.466 e. The first-order valence-corrected chi connectivity index (χ1v) is 5.82. The van der Waals surface area contributed by atoms with Gasteiger partial charge < -0.3 is 14.7 Å². The van der Waals surface area contributed by atoms with Gasteiger partial charge in [-0.2, -0.15) is 0 Å². The lowest BCUT2D eigenvalue weighted by molar-refractivity contribution is -0.202. The molecule has 0 heterocycles. The normalized spacial score (nSPS) is 26.1. The Labute approximate surface area is 107 Å². The summed E-state index contributed by atoms with van der Waals surface area (Å²) in [5, 5.41) is 19.4. The van der Waals surface area contributed by atoms with Gasteiger partial charge in [0.2, 0.25) is 0 Å². The van der Waals surface area contributed by atoms with Crippen LogP contribution in [0.4, 0.5) is 0 Å². The summed E-state index contributed by atoms with van der Waals surface area (Å²) in [6, 6.07) is 0. The minimum atomic E-state index is -1.14. The molecular formula is C13H20O5. The minimum Gasteiger partial charge on any atom is -0.466 e. The van der Waals surface area contributed by atoms with Crippen molar-refractivity contribution in [3.8, 4) is 0 Å². The highest BCUT2D eigenvalue weighted by Crippen LogP contribution is 2.45. The highest BCUT2D eigenvalue weighted by Gasteiger charge is 2.46. The lowest BCUT2D eigenvalue weighted by Crippen LogP contribution is -2.46. The van der Waals surface area contributed by atoms with Gasteiger partial charge in [-0.3, -0.25) is 4.79 Å². The van der Waals surface area contributed by atoms with Crippen molar-refractivity contribution in [2.24, 2.45) is 5.41 Å². The second-order valence-electron chi connectivity index (χ2n) is 5.05. The Bertz CT molecular complexity index is 394. The van der Waals surface area contributed by atoms with Crippen molar-refractivity contribution in [1.29, 1.82) is 0 Å². The van der Waals surface area contributed by atoms with Gasteiger partial charge in [0.25, 0.3) is 0 Å². The monoisotopic (exact) mass is 256 g/mol. The number of hydrogen-bond donors (Lipinski definition) is 2. The van der Waals surface area contributed by atoms with E-state index in [0.29, 0.717) is 5.76 Å². The van der Waals surface area contributed by atoms with Crippen LogP contribution in [-0.4, -0.2) is 28.5 Å². The Kier molecular flexibility index (Phi) is 4.19. The van der Waals surface area contributed by atoms with Crippen molar-refractivity contribution in [2.75, 3.05) is 6.61 Å². The number of carbonyl (C=O) groups is 1. The van der Waals surface area contributed by atoms with E-state index in [0.717, 1.165) is 5.57 Å². The molecule has 1 unspecified atom stereocenters. The average molecular weight is 256 g/mol. The molecule has 0 bridgehead atoms. The molecule has 0 aliphatic heterocycles. The van der Waals surface area contributed by atoms with Crippen molar-refractivity contribution in [3.63, 3.8) is 0 Å². The fourth-order valence-electron chi connectivity index (χ4n) is 2.02. The van der Waals surface area contributed by atoms with Crippen LogP contribution >= 0.6 is 0 Å². The molecule has 1 atom stereocenters. The molecule has 0 saturated carbocycles. The van der Waals surface area contributed by atoms with E-state index in [1.165, 1.54) is 13.0 Å². The Morgan fingerprint density at radius 2 is 2.06 bits per heavy atom. The van der Waals surface area contributed by atoms with Crippen LogP contribution in [0, 0.1) is 5.41 Å². The summed E-state index contributed by atoms with van der Waals surface area (Å²) in [6.45, 7) is 6.94. The maximum Gasteiger partial charge on any atom is 0.302 e. The van der Waals surface area contributed by atoms with Crippen molar-refractivity contribution in [1.82, 2.24) is 0 Å². The molecule has 0 aromatic heterocycles. The molecule has 2 N–H and O–H groups in total. The minimum absolute atomic E-state index is 0.141. The van der Waals surface area contributed by atoms with E-state index in [1.807, 2.05) is 13.8 Å². The zero-order valence-corrected chi connectivity index (χ0v) is 11.2. The van der Waals surface area contributed by atoms with Gasteiger partial charge in [0.1, 0.15) is 0 Å². The van der Waals surface area contributed by atoms with Gasteiger partial charge in [-0.05, 0) is 24.6 Å². The zero-order valence-electron chi connectivity index (χ0n) is 11.2. The number of esters is 1. The average Bonchev–Trinajstić information content (AvgIpc) is 2.27. The number of allylic oxidation sites excluding steroid dienone is 1. The first-order valence-electron chi connectivity index (χ1n) is 5.82. The molecule has 1 aliphatic carbocycles. The molecular weight excluding hydrogens is 236 g/mol. The molecule has 0 radical (unpaired) electrons. The molecule has 0 saturated heterocycles. The summed E-state index contributed by atoms with van der Waals surface area (Å²) < 4.78 is 4.86. The molecule has 102 valence electrons. The zero-order chi connectivity index (χ0) is 14.0. The molecule has 0 amide bonds. The number of ether oxygens (including phenoxy) is 1. The van der Waals surface area contributed by atoms with Gasteiger partial charge >= 0.3 is 5.97 Å². The van der Waals surface area contributed by atoms with Gasteiger partial charge in [0.15, 0.2) is 5.76 Å². The van der Waals surface area contributed by atoms with Crippen LogP contribution in [0.2, 0.25) is 0 Å². The standard InChI is InChI=1S/C13H20O5/c1-9-11(18-16)5-6-13(15,12(9,3)4)7-8-17-10(2)14/h5-6,15-16H,7-8H2,1-4H3. The fraction of sp³-hybridized carbons (Fsp3) is 0.615. The van der Waals surface area contributed by atoms with Crippen molar-refractivity contribution in [3.05, 3.63) is 23.5 Å². The number of rotatable bonds is 4. The lowest BCUT2D eigenvalue weighted by Gasteiger charge is -2.44. The van der Waals surface area contributed by atoms with Crippen LogP contribution in [0.15, 0.2) is 23.5 Å². The summed E-state index contributed by atoms with van der Waals surface area (Å²) in [5.41, 5.74) is -1.04. The molecule has 5 nitrogen and oxygen atoms in total. The quantitative estimate of drug-likeness (QED) is 0.457. The highest BCUT2D eigenvalue weighted by atomic mass is 17.1. The maximum atomic E-state index is 10.7. The molecule has 1 aliphatic rings. The van der Waals surface area contributed by atoms with E-state index in [4.69, 9.17) is 9.99 Å². The maximum absolute atomic E-state index is 10.7. The molecule has 5 heteroatoms. The van der Waals surface area contributed by atoms with Crippen molar-refractivity contribution >= 4 is 5.97 Å². The number of carbonyl (C=O) groups excluding carboxylic acids is 1. The first kappa shape index (κ1) is 14.7. The van der Waals surface area contributed by atoms with Gasteiger partial charge in [-0.25, -0.2) is 5.26 Å². The Balaban J connectivity index is 2.88. The second-order valence-corrected chi connectivity index (χ2v) is 5.05. The molecule has 0 aromatic rings. The second kappa shape index (κ2) is 5.12. The Hall–Kier alpha value is -1.33. The lowest BCUT2D eigenvalue weighted by atomic mass is 9.66. The predicted molar refractivity (Wildman–Crippen MR) is 65.5 cm³/mol. The fourth-order valence-corrected chi connectivity index (χ4v) is 2.02. The van der Waals surface area contributed by atoms with E-state index in [2.05, 4.69) is 4.89 Å². The third-order valence-electron chi connectivity index (χ3n) is 3.79. The van der Waals surface area contributed by atoms with Gasteiger partial charge in [-0.1, -0.05) is 13.8 Å². The van der Waals surface area contributed by atoms with Gasteiger partial charge in [-0.15, -0.1) is 0 Å². The summed E-state index contributed by atoms with van der Waals surface area (Å²) in [6.07, 6.45) is 3.37. The van der Waals surface area contributed by atoms with E-state index >= 15 is 0 Å². The molecule has 0 aromatic carbocycles. The third-order valence-corrected chi connectivity index (χ3v) is 3.79. The highest BCUT2D eigenvalue weighted by molar-refractivity contribution is 5.65. The van der Waals surface area contributed by atoms with E-state index in [9.17, 15) is 9.90 Å². The third kappa shape index (κ3) is 2.57. The Morgan fingerprint density at radius 3 is 2.56 bits per heavy atom. The summed E-state index contributed by atoms with van der Waals surface area (Å²) >= 11 is 0. The number of hydrogen-bond acceptors (Lipinski definition) is 5. The topological polar surface area (TPSA) is 76.0 Å². The first-order chi connectivity index (χ1) is 8.24. The summed E-state index contributed by atoms with van der Waals surface area (Å²) in [7, 11) is 0. The van der Waals surface area contributed by atoms with Crippen LogP contribution in [0.1, 0.15) is 34.1 Å². The summed E-state index contributed by atoms with van der Waals surface area (Å²) in [5.74, 6) is -0.0417. The molecule has 18 heavy (non-hydrogen) atoms. The van der Waals surface area contributed by atoms with Crippen LogP contribution in [-0.2, 0) is 14.4 Å². The SMILES string of the molecule is CC(=O)OCCC1(O)C=CC(OO)=C(C)C1(C)C. The summed E-state index contributed by atoms with van der Waals surface area (Å²) in [4.78, 5) is 15.0. The molecule has 0 fully saturated rings. The smallest absolute Gasteiger partial charge is 0.302 e. The van der Waals surface area contributed by atoms with E-state index in [-0.39, 0.29) is 19.0 Å². The van der Waals surface area contributed by atoms with Gasteiger partial charge in [0, 0.05) is 18.8 Å². The number of aliphatic hydroxyl groups is 1. The molecule has 0 spiro atoms.